The number of hydrogen-bond donors (Lipinski definition) is 0. The van der Waals surface area contributed by atoms with Gasteiger partial charge in [-0.2, -0.15) is 0 Å². The van der Waals surface area contributed by atoms with Crippen LogP contribution in [0.25, 0.3) is 0 Å². The number of benzene rings is 2. The van der Waals surface area contributed by atoms with Gasteiger partial charge in [-0.25, -0.2) is 13.4 Å². The van der Waals surface area contributed by atoms with Crippen molar-refractivity contribution in [2.45, 2.75) is 10.6 Å². The van der Waals surface area contributed by atoms with Crippen molar-refractivity contribution in [2.24, 2.45) is 0 Å². The Hall–Kier alpha value is -2.62. The molecule has 0 unspecified atom stereocenters. The molecule has 1 amide bonds. The molecule has 2 heterocycles. The average molecular weight is 451 g/mol. The van der Waals surface area contributed by atoms with Crippen LogP contribution in [0.4, 0.5) is 11.4 Å². The summed E-state index contributed by atoms with van der Waals surface area (Å²) < 4.78 is 36.3. The predicted molar refractivity (Wildman–Crippen MR) is 110 cm³/mol. The Morgan fingerprint density at radius 2 is 2.03 bits per heavy atom. The van der Waals surface area contributed by atoms with Crippen LogP contribution in [0.3, 0.4) is 0 Å². The van der Waals surface area contributed by atoms with Gasteiger partial charge in [0.1, 0.15) is 22.3 Å². The van der Waals surface area contributed by atoms with Crippen molar-refractivity contribution in [2.75, 3.05) is 18.6 Å². The molecular formula is C19H15ClN2O5S2. The smallest absolute Gasteiger partial charge is 0.269 e. The molecule has 0 fully saturated rings. The molecule has 0 radical (unpaired) electrons. The standard InChI is InChI=1S/C19H15ClN2O5S2/c1-26-16-8-12(20)2-4-14(16)22-15-5-3-13(9-17(15)27-10-19(22)23)29(24,25)11-18-21-6-7-28-18/h2-9H,10-11H2,1H3. The molecule has 150 valence electrons. The summed E-state index contributed by atoms with van der Waals surface area (Å²) in [5.74, 6) is 0.203. The molecule has 0 aliphatic carbocycles. The van der Waals surface area contributed by atoms with Gasteiger partial charge < -0.3 is 9.47 Å². The topological polar surface area (TPSA) is 85.8 Å². The van der Waals surface area contributed by atoms with E-state index >= 15 is 0 Å². The number of halogens is 1. The van der Waals surface area contributed by atoms with Gasteiger partial charge in [0.2, 0.25) is 0 Å². The maximum atomic E-state index is 12.7. The second-order valence-electron chi connectivity index (χ2n) is 6.15. The second kappa shape index (κ2) is 7.66. The minimum atomic E-state index is -3.61. The van der Waals surface area contributed by atoms with Gasteiger partial charge in [-0.3, -0.25) is 9.69 Å². The number of carbonyl (C=O) groups excluding carboxylic acids is 1. The van der Waals surface area contributed by atoms with Gasteiger partial charge in [0.05, 0.1) is 23.4 Å². The number of anilines is 2. The zero-order valence-corrected chi connectivity index (χ0v) is 17.6. The van der Waals surface area contributed by atoms with Gasteiger partial charge >= 0.3 is 0 Å². The third-order valence-electron chi connectivity index (χ3n) is 4.31. The van der Waals surface area contributed by atoms with Gasteiger partial charge in [-0.1, -0.05) is 11.6 Å². The third kappa shape index (κ3) is 3.81. The number of hydrogen-bond acceptors (Lipinski definition) is 7. The molecule has 10 heteroatoms. The first-order valence-electron chi connectivity index (χ1n) is 8.43. The van der Waals surface area contributed by atoms with Crippen LogP contribution >= 0.6 is 22.9 Å². The number of fused-ring (bicyclic) bond motifs is 1. The molecule has 29 heavy (non-hydrogen) atoms. The van der Waals surface area contributed by atoms with Crippen LogP contribution in [0.1, 0.15) is 5.01 Å². The van der Waals surface area contributed by atoms with E-state index in [4.69, 9.17) is 21.1 Å². The number of nitrogens with zero attached hydrogens (tertiary/aromatic N) is 2. The van der Waals surface area contributed by atoms with Crippen LogP contribution in [-0.2, 0) is 20.4 Å². The second-order valence-corrected chi connectivity index (χ2v) is 9.55. The molecule has 1 aliphatic heterocycles. The maximum absolute atomic E-state index is 12.7. The number of amides is 1. The molecule has 1 aliphatic rings. The van der Waals surface area contributed by atoms with Gasteiger partial charge in [0, 0.05) is 28.7 Å². The van der Waals surface area contributed by atoms with Crippen LogP contribution in [0.2, 0.25) is 5.02 Å². The molecular weight excluding hydrogens is 436 g/mol. The molecule has 4 rings (SSSR count). The lowest BCUT2D eigenvalue weighted by molar-refractivity contribution is -0.120. The zero-order chi connectivity index (χ0) is 20.6. The Labute approximate surface area is 176 Å². The lowest BCUT2D eigenvalue weighted by Gasteiger charge is -2.30. The minimum Gasteiger partial charge on any atom is -0.495 e. The summed E-state index contributed by atoms with van der Waals surface area (Å²) in [6.07, 6.45) is 1.56. The van der Waals surface area contributed by atoms with E-state index in [9.17, 15) is 13.2 Å². The van der Waals surface area contributed by atoms with E-state index in [1.165, 1.54) is 35.5 Å². The lowest BCUT2D eigenvalue weighted by Crippen LogP contribution is -2.35. The summed E-state index contributed by atoms with van der Waals surface area (Å²) in [6, 6.07) is 9.36. The Morgan fingerprint density at radius 1 is 1.24 bits per heavy atom. The fraction of sp³-hybridized carbons (Fsp3) is 0.158. The number of aromatic nitrogens is 1. The highest BCUT2D eigenvalue weighted by Gasteiger charge is 2.30. The number of methoxy groups -OCH3 is 1. The number of thiazole rings is 1. The van der Waals surface area contributed by atoms with E-state index in [1.807, 2.05) is 0 Å². The maximum Gasteiger partial charge on any atom is 0.269 e. The third-order valence-corrected chi connectivity index (χ3v) is 7.13. The lowest BCUT2D eigenvalue weighted by atomic mass is 10.2. The Morgan fingerprint density at radius 3 is 2.76 bits per heavy atom. The number of ether oxygens (including phenoxy) is 2. The normalized spacial score (nSPS) is 13.7. The van der Waals surface area contributed by atoms with Crippen molar-refractivity contribution in [3.63, 3.8) is 0 Å². The number of sulfone groups is 1. The number of rotatable bonds is 5. The van der Waals surface area contributed by atoms with E-state index in [2.05, 4.69) is 4.98 Å². The van der Waals surface area contributed by atoms with Crippen LogP contribution in [0.15, 0.2) is 52.9 Å². The van der Waals surface area contributed by atoms with Crippen molar-refractivity contribution in [1.82, 2.24) is 4.98 Å². The van der Waals surface area contributed by atoms with E-state index in [0.717, 1.165) is 0 Å². The molecule has 0 atom stereocenters. The van der Waals surface area contributed by atoms with Crippen molar-refractivity contribution < 1.29 is 22.7 Å². The first-order chi connectivity index (χ1) is 13.9. The van der Waals surface area contributed by atoms with E-state index in [1.54, 1.807) is 35.8 Å². The van der Waals surface area contributed by atoms with E-state index in [-0.39, 0.29) is 23.2 Å². The Kier molecular flexibility index (Phi) is 5.20. The van der Waals surface area contributed by atoms with Crippen molar-refractivity contribution in [3.05, 3.63) is 58.0 Å². The molecule has 3 aromatic rings. The van der Waals surface area contributed by atoms with E-state index < -0.39 is 9.84 Å². The molecule has 0 spiro atoms. The summed E-state index contributed by atoms with van der Waals surface area (Å²) in [5, 5.41) is 2.70. The Bertz CT molecular complexity index is 1180. The fourth-order valence-electron chi connectivity index (χ4n) is 3.00. The highest BCUT2D eigenvalue weighted by Crippen LogP contribution is 2.43. The van der Waals surface area contributed by atoms with Crippen molar-refractivity contribution in [1.29, 1.82) is 0 Å². The Balaban J connectivity index is 1.75. The summed E-state index contributed by atoms with van der Waals surface area (Å²) in [6.45, 7) is -0.227. The van der Waals surface area contributed by atoms with E-state index in [0.29, 0.717) is 32.9 Å². The molecule has 0 bridgehead atoms. The molecule has 0 saturated heterocycles. The summed E-state index contributed by atoms with van der Waals surface area (Å²) in [5.41, 5.74) is 0.917. The first-order valence-corrected chi connectivity index (χ1v) is 11.3. The summed E-state index contributed by atoms with van der Waals surface area (Å²) >= 11 is 7.30. The van der Waals surface area contributed by atoms with Gasteiger partial charge in [-0.05, 0) is 24.3 Å². The molecule has 2 aromatic carbocycles. The average Bonchev–Trinajstić information content (AvgIpc) is 3.20. The van der Waals surface area contributed by atoms with Crippen LogP contribution in [0.5, 0.6) is 11.5 Å². The molecule has 1 aromatic heterocycles. The molecule has 7 nitrogen and oxygen atoms in total. The van der Waals surface area contributed by atoms with Crippen molar-refractivity contribution in [3.8, 4) is 11.5 Å². The number of carbonyl (C=O) groups is 1. The van der Waals surface area contributed by atoms with Gasteiger partial charge in [0.25, 0.3) is 5.91 Å². The SMILES string of the molecule is COc1cc(Cl)ccc1N1C(=O)COc2cc(S(=O)(=O)Cc3nccs3)ccc21. The van der Waals surface area contributed by atoms with Gasteiger partial charge in [0.15, 0.2) is 16.4 Å². The fourth-order valence-corrected chi connectivity index (χ4v) is 5.43. The van der Waals surface area contributed by atoms with Crippen LogP contribution < -0.4 is 14.4 Å². The predicted octanol–water partition coefficient (Wildman–Crippen LogP) is 3.84. The van der Waals surface area contributed by atoms with Gasteiger partial charge in [-0.15, -0.1) is 11.3 Å². The minimum absolute atomic E-state index is 0.101. The summed E-state index contributed by atoms with van der Waals surface area (Å²) in [4.78, 5) is 18.2. The first kappa shape index (κ1) is 19.7. The highest BCUT2D eigenvalue weighted by molar-refractivity contribution is 7.90. The zero-order valence-electron chi connectivity index (χ0n) is 15.2. The van der Waals surface area contributed by atoms with Crippen LogP contribution in [0, 0.1) is 0 Å². The molecule has 0 saturated carbocycles. The largest absolute Gasteiger partial charge is 0.495 e. The molecule has 0 N–H and O–H groups in total. The monoisotopic (exact) mass is 450 g/mol. The van der Waals surface area contributed by atoms with Crippen LogP contribution in [-0.4, -0.2) is 33.0 Å². The highest BCUT2D eigenvalue weighted by atomic mass is 35.5. The van der Waals surface area contributed by atoms with Crippen molar-refractivity contribution >= 4 is 50.1 Å². The summed E-state index contributed by atoms with van der Waals surface area (Å²) in [7, 11) is -2.13. The quantitative estimate of drug-likeness (QED) is 0.587.